The standard InChI is InChI=1S/C13H19N5O3S/c1-16-8-13(14-9-16)22(20,21)18-4-3-12(19)11(18)5-10-6-15-17(2)7-10/h6-9,11-12,19H,3-5H2,1-2H3/t11-,12-/m0/s1. The van der Waals surface area contributed by atoms with E-state index in [2.05, 4.69) is 10.1 Å². The molecule has 3 rings (SSSR count). The van der Waals surface area contributed by atoms with Crippen LogP contribution >= 0.6 is 0 Å². The number of imidazole rings is 1. The van der Waals surface area contributed by atoms with Gasteiger partial charge in [0.05, 0.1) is 24.7 Å². The molecule has 0 spiro atoms. The largest absolute Gasteiger partial charge is 0.391 e. The normalized spacial score (nSPS) is 23.2. The summed E-state index contributed by atoms with van der Waals surface area (Å²) in [6.45, 7) is 0.297. The number of aromatic nitrogens is 4. The van der Waals surface area contributed by atoms with Gasteiger partial charge < -0.3 is 9.67 Å². The molecule has 0 amide bonds. The Morgan fingerprint density at radius 1 is 1.36 bits per heavy atom. The second-order valence-electron chi connectivity index (χ2n) is 5.64. The van der Waals surface area contributed by atoms with Crippen LogP contribution in [0.5, 0.6) is 0 Å². The van der Waals surface area contributed by atoms with E-state index in [1.807, 2.05) is 6.20 Å². The van der Waals surface area contributed by atoms with E-state index < -0.39 is 22.2 Å². The third-order valence-corrected chi connectivity index (χ3v) is 5.73. The van der Waals surface area contributed by atoms with Crippen LogP contribution in [-0.2, 0) is 30.5 Å². The average molecular weight is 325 g/mol. The molecule has 22 heavy (non-hydrogen) atoms. The van der Waals surface area contributed by atoms with Crippen molar-refractivity contribution in [3.05, 3.63) is 30.5 Å². The van der Waals surface area contributed by atoms with Crippen LogP contribution in [0.25, 0.3) is 0 Å². The maximum Gasteiger partial charge on any atom is 0.262 e. The topological polar surface area (TPSA) is 93.2 Å². The molecule has 9 heteroatoms. The molecule has 0 unspecified atom stereocenters. The van der Waals surface area contributed by atoms with Crippen LogP contribution in [0, 0.1) is 0 Å². The number of aliphatic hydroxyl groups excluding tert-OH is 1. The number of rotatable bonds is 4. The van der Waals surface area contributed by atoms with Crippen molar-refractivity contribution in [3.63, 3.8) is 0 Å². The molecular formula is C13H19N5O3S. The first kappa shape index (κ1) is 15.2. The minimum absolute atomic E-state index is 0.0142. The van der Waals surface area contributed by atoms with Crippen molar-refractivity contribution in [1.29, 1.82) is 0 Å². The van der Waals surface area contributed by atoms with Crippen LogP contribution in [0.2, 0.25) is 0 Å². The summed E-state index contributed by atoms with van der Waals surface area (Å²) in [5.41, 5.74) is 0.898. The lowest BCUT2D eigenvalue weighted by atomic mass is 10.1. The molecule has 2 aromatic rings. The van der Waals surface area contributed by atoms with Crippen LogP contribution in [0.1, 0.15) is 12.0 Å². The Hall–Kier alpha value is -1.71. The van der Waals surface area contributed by atoms with Gasteiger partial charge in [0.15, 0.2) is 5.03 Å². The van der Waals surface area contributed by atoms with Crippen molar-refractivity contribution in [2.24, 2.45) is 14.1 Å². The van der Waals surface area contributed by atoms with E-state index in [-0.39, 0.29) is 5.03 Å². The molecule has 1 N–H and O–H groups in total. The highest BCUT2D eigenvalue weighted by molar-refractivity contribution is 7.89. The molecular weight excluding hydrogens is 306 g/mol. The predicted molar refractivity (Wildman–Crippen MR) is 78.4 cm³/mol. The third kappa shape index (κ3) is 2.67. The smallest absolute Gasteiger partial charge is 0.262 e. The molecule has 3 heterocycles. The van der Waals surface area contributed by atoms with E-state index in [1.165, 1.54) is 16.8 Å². The fraction of sp³-hybridized carbons (Fsp3) is 0.538. The molecule has 0 aromatic carbocycles. The van der Waals surface area contributed by atoms with Gasteiger partial charge in [-0.05, 0) is 18.4 Å². The lowest BCUT2D eigenvalue weighted by Gasteiger charge is -2.24. The Morgan fingerprint density at radius 3 is 2.73 bits per heavy atom. The summed E-state index contributed by atoms with van der Waals surface area (Å²) < 4.78 is 30.0. The van der Waals surface area contributed by atoms with Crippen molar-refractivity contribution < 1.29 is 13.5 Å². The number of aliphatic hydroxyl groups is 1. The molecule has 1 fully saturated rings. The van der Waals surface area contributed by atoms with Gasteiger partial charge in [0.1, 0.15) is 0 Å². The van der Waals surface area contributed by atoms with Crippen LogP contribution in [0.4, 0.5) is 0 Å². The molecule has 2 aromatic heterocycles. The summed E-state index contributed by atoms with van der Waals surface area (Å²) in [6, 6.07) is -0.490. The van der Waals surface area contributed by atoms with E-state index in [1.54, 1.807) is 29.5 Å². The second-order valence-corrected chi connectivity index (χ2v) is 7.48. The molecule has 0 aliphatic carbocycles. The number of hydrogen-bond donors (Lipinski definition) is 1. The Morgan fingerprint density at radius 2 is 2.14 bits per heavy atom. The second kappa shape index (κ2) is 5.49. The number of sulfonamides is 1. The van der Waals surface area contributed by atoms with E-state index in [4.69, 9.17) is 0 Å². The fourth-order valence-electron chi connectivity index (χ4n) is 2.81. The molecule has 1 saturated heterocycles. The van der Waals surface area contributed by atoms with E-state index in [9.17, 15) is 13.5 Å². The zero-order valence-electron chi connectivity index (χ0n) is 12.5. The van der Waals surface area contributed by atoms with Crippen molar-refractivity contribution >= 4 is 10.0 Å². The Labute approximate surface area is 129 Å². The number of hydrogen-bond acceptors (Lipinski definition) is 5. The van der Waals surface area contributed by atoms with Gasteiger partial charge in [-0.3, -0.25) is 4.68 Å². The van der Waals surface area contributed by atoms with Crippen molar-refractivity contribution in [2.75, 3.05) is 6.54 Å². The molecule has 0 bridgehead atoms. The highest BCUT2D eigenvalue weighted by Crippen LogP contribution is 2.27. The quantitative estimate of drug-likeness (QED) is 0.819. The Balaban J connectivity index is 1.88. The lowest BCUT2D eigenvalue weighted by Crippen LogP contribution is -2.41. The molecule has 0 saturated carbocycles. The van der Waals surface area contributed by atoms with E-state index >= 15 is 0 Å². The third-order valence-electron chi connectivity index (χ3n) is 3.92. The van der Waals surface area contributed by atoms with Gasteiger partial charge in [-0.1, -0.05) is 0 Å². The number of nitrogens with zero attached hydrogens (tertiary/aromatic N) is 5. The van der Waals surface area contributed by atoms with Gasteiger partial charge in [0, 0.05) is 33.0 Å². The molecule has 2 atom stereocenters. The van der Waals surface area contributed by atoms with Crippen LogP contribution in [0.3, 0.4) is 0 Å². The maximum atomic E-state index is 12.7. The molecule has 1 aliphatic rings. The molecule has 8 nitrogen and oxygen atoms in total. The van der Waals surface area contributed by atoms with Crippen molar-refractivity contribution in [2.45, 2.75) is 30.0 Å². The minimum atomic E-state index is -3.70. The monoisotopic (exact) mass is 325 g/mol. The first-order valence-corrected chi connectivity index (χ1v) is 8.47. The van der Waals surface area contributed by atoms with Crippen LogP contribution < -0.4 is 0 Å². The zero-order valence-corrected chi connectivity index (χ0v) is 13.3. The van der Waals surface area contributed by atoms with Crippen LogP contribution in [-0.4, -0.2) is 55.9 Å². The summed E-state index contributed by atoms with van der Waals surface area (Å²) in [5, 5.41) is 14.3. The van der Waals surface area contributed by atoms with Gasteiger partial charge in [-0.25, -0.2) is 13.4 Å². The molecule has 1 aliphatic heterocycles. The van der Waals surface area contributed by atoms with Gasteiger partial charge in [-0.2, -0.15) is 9.40 Å². The first-order valence-electron chi connectivity index (χ1n) is 7.03. The minimum Gasteiger partial charge on any atom is -0.391 e. The SMILES string of the molecule is Cn1cnc(S(=O)(=O)N2CC[C@H](O)[C@@H]2Cc2cnn(C)c2)c1. The Bertz CT molecular complexity index is 766. The maximum absolute atomic E-state index is 12.7. The highest BCUT2D eigenvalue weighted by atomic mass is 32.2. The van der Waals surface area contributed by atoms with Gasteiger partial charge in [0.25, 0.3) is 10.0 Å². The number of aryl methyl sites for hydroxylation is 2. The summed E-state index contributed by atoms with van der Waals surface area (Å²) in [6.07, 6.45) is 6.63. The Kier molecular flexibility index (Phi) is 3.79. The van der Waals surface area contributed by atoms with Crippen LogP contribution in [0.15, 0.2) is 29.9 Å². The van der Waals surface area contributed by atoms with Crippen molar-refractivity contribution in [1.82, 2.24) is 23.6 Å². The fourth-order valence-corrected chi connectivity index (χ4v) is 4.44. The molecule has 0 radical (unpaired) electrons. The van der Waals surface area contributed by atoms with Crippen molar-refractivity contribution in [3.8, 4) is 0 Å². The van der Waals surface area contributed by atoms with Gasteiger partial charge in [0.2, 0.25) is 0 Å². The predicted octanol–water partition coefficient (Wildman–Crippen LogP) is -0.480. The summed E-state index contributed by atoms with van der Waals surface area (Å²) in [5.74, 6) is 0. The van der Waals surface area contributed by atoms with Gasteiger partial charge >= 0.3 is 0 Å². The zero-order chi connectivity index (χ0) is 15.9. The lowest BCUT2D eigenvalue weighted by molar-refractivity contribution is 0.141. The summed E-state index contributed by atoms with van der Waals surface area (Å²) in [4.78, 5) is 3.94. The average Bonchev–Trinajstić information content (AvgIpc) is 3.14. The first-order chi connectivity index (χ1) is 10.4. The van der Waals surface area contributed by atoms with E-state index in [0.29, 0.717) is 19.4 Å². The van der Waals surface area contributed by atoms with E-state index in [0.717, 1.165) is 5.56 Å². The molecule has 120 valence electrons. The summed E-state index contributed by atoms with van der Waals surface area (Å²) in [7, 11) is -0.176. The summed E-state index contributed by atoms with van der Waals surface area (Å²) >= 11 is 0. The highest BCUT2D eigenvalue weighted by Gasteiger charge is 2.41. The van der Waals surface area contributed by atoms with Gasteiger partial charge in [-0.15, -0.1) is 0 Å².